The Morgan fingerprint density at radius 1 is 1.42 bits per heavy atom. The number of hydrogen-bond donors (Lipinski definition) is 2. The van der Waals surface area contributed by atoms with Gasteiger partial charge in [-0.05, 0) is 43.4 Å². The fourth-order valence-electron chi connectivity index (χ4n) is 2.90. The van der Waals surface area contributed by atoms with Crippen LogP contribution in [0.3, 0.4) is 0 Å². The molecular weight excluding hydrogens is 238 g/mol. The number of nitrogens with one attached hydrogen (secondary N) is 1. The molecule has 1 aromatic heterocycles. The lowest BCUT2D eigenvalue weighted by atomic mass is 9.71. The number of carbonyl (C=O) groups excluding carboxylic acids is 1. The van der Waals surface area contributed by atoms with Gasteiger partial charge in [-0.3, -0.25) is 9.78 Å². The Morgan fingerprint density at radius 3 is 2.79 bits per heavy atom. The van der Waals surface area contributed by atoms with Crippen molar-refractivity contribution in [3.8, 4) is 0 Å². The van der Waals surface area contributed by atoms with Crippen LogP contribution in [0.15, 0.2) is 18.5 Å². The average Bonchev–Trinajstić information content (AvgIpc) is 2.42. The second-order valence-corrected chi connectivity index (χ2v) is 5.68. The van der Waals surface area contributed by atoms with Gasteiger partial charge in [-0.15, -0.1) is 0 Å². The van der Waals surface area contributed by atoms with Crippen LogP contribution in [0.2, 0.25) is 0 Å². The van der Waals surface area contributed by atoms with E-state index < -0.39 is 0 Å². The number of carbonyl (C=O) groups is 1. The lowest BCUT2D eigenvalue weighted by Gasteiger charge is -2.35. The highest BCUT2D eigenvalue weighted by Crippen LogP contribution is 2.38. The molecule has 1 aliphatic rings. The van der Waals surface area contributed by atoms with Crippen LogP contribution in [0.4, 0.5) is 5.69 Å². The molecule has 0 bridgehead atoms. The number of pyridine rings is 1. The first kappa shape index (κ1) is 14.0. The predicted octanol–water partition coefficient (Wildman–Crippen LogP) is 2.63. The van der Waals surface area contributed by atoms with Gasteiger partial charge in [-0.2, -0.15) is 0 Å². The monoisotopic (exact) mass is 261 g/mol. The summed E-state index contributed by atoms with van der Waals surface area (Å²) in [4.78, 5) is 16.2. The van der Waals surface area contributed by atoms with Gasteiger partial charge in [-0.1, -0.05) is 19.3 Å². The third kappa shape index (κ3) is 3.53. The molecule has 4 heteroatoms. The molecule has 1 aliphatic carbocycles. The highest BCUT2D eigenvalue weighted by molar-refractivity contribution is 5.91. The van der Waals surface area contributed by atoms with Gasteiger partial charge < -0.3 is 11.1 Å². The van der Waals surface area contributed by atoms with Crippen molar-refractivity contribution in [2.45, 2.75) is 45.4 Å². The quantitative estimate of drug-likeness (QED) is 0.875. The minimum absolute atomic E-state index is 0.0171. The molecule has 1 fully saturated rings. The number of anilines is 1. The Kier molecular flexibility index (Phi) is 4.53. The van der Waals surface area contributed by atoms with E-state index in [1.807, 2.05) is 13.0 Å². The van der Waals surface area contributed by atoms with Crippen molar-refractivity contribution in [2.24, 2.45) is 11.1 Å². The van der Waals surface area contributed by atoms with Gasteiger partial charge in [0.2, 0.25) is 5.91 Å². The van der Waals surface area contributed by atoms with E-state index in [4.69, 9.17) is 5.73 Å². The van der Waals surface area contributed by atoms with E-state index in [1.165, 1.54) is 19.3 Å². The van der Waals surface area contributed by atoms with Crippen molar-refractivity contribution in [1.82, 2.24) is 4.98 Å². The summed E-state index contributed by atoms with van der Waals surface area (Å²) in [5.74, 6) is 0.0710. The fourth-order valence-corrected chi connectivity index (χ4v) is 2.90. The van der Waals surface area contributed by atoms with E-state index >= 15 is 0 Å². The number of nitrogens with two attached hydrogens (primary N) is 1. The van der Waals surface area contributed by atoms with Crippen LogP contribution in [0.5, 0.6) is 0 Å². The van der Waals surface area contributed by atoms with Crippen LogP contribution in [0.1, 0.15) is 44.1 Å². The van der Waals surface area contributed by atoms with Gasteiger partial charge in [0, 0.05) is 24.5 Å². The molecule has 0 unspecified atom stereocenters. The minimum Gasteiger partial charge on any atom is -0.330 e. The van der Waals surface area contributed by atoms with E-state index in [2.05, 4.69) is 10.3 Å². The van der Waals surface area contributed by atoms with Gasteiger partial charge in [0.05, 0.1) is 0 Å². The first-order valence-electron chi connectivity index (χ1n) is 7.06. The molecule has 19 heavy (non-hydrogen) atoms. The van der Waals surface area contributed by atoms with Crippen molar-refractivity contribution in [1.29, 1.82) is 0 Å². The Bertz CT molecular complexity index is 439. The van der Waals surface area contributed by atoms with Crippen LogP contribution in [-0.4, -0.2) is 17.4 Å². The molecule has 0 radical (unpaired) electrons. The lowest BCUT2D eigenvalue weighted by molar-refractivity contribution is -0.118. The van der Waals surface area contributed by atoms with Gasteiger partial charge in [-0.25, -0.2) is 0 Å². The standard InChI is InChI=1S/C15H23N3O/c1-12-10-17-8-5-13(12)18-14(19)9-15(11-16)6-3-2-4-7-15/h5,8,10H,2-4,6-7,9,11,16H2,1H3,(H,17,18,19). The molecule has 3 N–H and O–H groups in total. The Labute approximate surface area is 114 Å². The summed E-state index contributed by atoms with van der Waals surface area (Å²) in [6.07, 6.45) is 9.80. The largest absolute Gasteiger partial charge is 0.330 e. The zero-order chi connectivity index (χ0) is 13.7. The number of amides is 1. The Hall–Kier alpha value is -1.42. The second kappa shape index (κ2) is 6.15. The molecule has 0 spiro atoms. The van der Waals surface area contributed by atoms with Crippen molar-refractivity contribution in [2.75, 3.05) is 11.9 Å². The van der Waals surface area contributed by atoms with Crippen LogP contribution >= 0.6 is 0 Å². The molecule has 4 nitrogen and oxygen atoms in total. The fraction of sp³-hybridized carbons (Fsp3) is 0.600. The normalized spacial score (nSPS) is 18.0. The molecule has 1 aromatic rings. The van der Waals surface area contributed by atoms with Crippen molar-refractivity contribution < 1.29 is 4.79 Å². The van der Waals surface area contributed by atoms with Gasteiger partial charge in [0.15, 0.2) is 0 Å². The van der Waals surface area contributed by atoms with Crippen LogP contribution in [0.25, 0.3) is 0 Å². The SMILES string of the molecule is Cc1cnccc1NC(=O)CC1(CN)CCCCC1. The van der Waals surface area contributed by atoms with Crippen LogP contribution in [0, 0.1) is 12.3 Å². The van der Waals surface area contributed by atoms with Gasteiger partial charge in [0.1, 0.15) is 0 Å². The summed E-state index contributed by atoms with van der Waals surface area (Å²) in [7, 11) is 0. The molecule has 2 rings (SSSR count). The molecular formula is C15H23N3O. The van der Waals surface area contributed by atoms with Crippen molar-refractivity contribution in [3.63, 3.8) is 0 Å². The second-order valence-electron chi connectivity index (χ2n) is 5.68. The maximum atomic E-state index is 12.2. The summed E-state index contributed by atoms with van der Waals surface area (Å²) >= 11 is 0. The molecule has 1 saturated carbocycles. The highest BCUT2D eigenvalue weighted by atomic mass is 16.1. The summed E-state index contributed by atoms with van der Waals surface area (Å²) in [5.41, 5.74) is 7.77. The first-order valence-corrected chi connectivity index (χ1v) is 7.06. The zero-order valence-corrected chi connectivity index (χ0v) is 11.6. The number of rotatable bonds is 4. The molecule has 0 saturated heterocycles. The highest BCUT2D eigenvalue weighted by Gasteiger charge is 2.32. The predicted molar refractivity (Wildman–Crippen MR) is 76.8 cm³/mol. The van der Waals surface area contributed by atoms with Gasteiger partial charge >= 0.3 is 0 Å². The van der Waals surface area contributed by atoms with E-state index in [-0.39, 0.29) is 11.3 Å². The number of nitrogens with zero attached hydrogens (tertiary/aromatic N) is 1. The summed E-state index contributed by atoms with van der Waals surface area (Å²) in [5, 5.41) is 2.98. The molecule has 104 valence electrons. The van der Waals surface area contributed by atoms with E-state index in [0.717, 1.165) is 24.1 Å². The zero-order valence-electron chi connectivity index (χ0n) is 11.6. The third-order valence-corrected chi connectivity index (χ3v) is 4.18. The van der Waals surface area contributed by atoms with E-state index in [9.17, 15) is 4.79 Å². The Balaban J connectivity index is 1.98. The summed E-state index contributed by atoms with van der Waals surface area (Å²) in [6, 6.07) is 1.84. The summed E-state index contributed by atoms with van der Waals surface area (Å²) in [6.45, 7) is 2.55. The van der Waals surface area contributed by atoms with Crippen LogP contribution < -0.4 is 11.1 Å². The summed E-state index contributed by atoms with van der Waals surface area (Å²) < 4.78 is 0. The van der Waals surface area contributed by atoms with E-state index in [0.29, 0.717) is 13.0 Å². The first-order chi connectivity index (χ1) is 9.15. The third-order valence-electron chi connectivity index (χ3n) is 4.18. The van der Waals surface area contributed by atoms with Crippen molar-refractivity contribution in [3.05, 3.63) is 24.0 Å². The molecule has 1 heterocycles. The molecule has 0 aliphatic heterocycles. The minimum atomic E-state index is 0.0171. The topological polar surface area (TPSA) is 68.0 Å². The number of hydrogen-bond acceptors (Lipinski definition) is 3. The average molecular weight is 261 g/mol. The Morgan fingerprint density at radius 2 is 2.16 bits per heavy atom. The van der Waals surface area contributed by atoms with E-state index in [1.54, 1.807) is 12.4 Å². The maximum absolute atomic E-state index is 12.2. The molecule has 0 aromatic carbocycles. The molecule has 0 atom stereocenters. The molecule has 1 amide bonds. The van der Waals surface area contributed by atoms with Crippen molar-refractivity contribution >= 4 is 11.6 Å². The smallest absolute Gasteiger partial charge is 0.224 e. The number of aryl methyl sites for hydroxylation is 1. The number of aromatic nitrogens is 1. The van der Waals surface area contributed by atoms with Gasteiger partial charge in [0.25, 0.3) is 0 Å². The maximum Gasteiger partial charge on any atom is 0.224 e. The van der Waals surface area contributed by atoms with Crippen LogP contribution in [-0.2, 0) is 4.79 Å². The lowest BCUT2D eigenvalue weighted by Crippen LogP contribution is -2.36.